The summed E-state index contributed by atoms with van der Waals surface area (Å²) in [5.41, 5.74) is 0.163. The van der Waals surface area contributed by atoms with Gasteiger partial charge in [-0.05, 0) is 98.7 Å². The Morgan fingerprint density at radius 2 is 1.87 bits per heavy atom. The Labute approximate surface area is 188 Å². The van der Waals surface area contributed by atoms with Crippen molar-refractivity contribution >= 4 is 5.78 Å². The fourth-order valence-electron chi connectivity index (χ4n) is 9.21. The average molecular weight is 427 g/mol. The number of hydrogen-bond acceptors (Lipinski definition) is 3. The first-order chi connectivity index (χ1) is 14.8. The van der Waals surface area contributed by atoms with Crippen LogP contribution in [0.5, 0.6) is 0 Å². The molecule has 1 aromatic rings. The maximum atomic E-state index is 13.3. The molecule has 0 aromatic carbocycles. The monoisotopic (exact) mass is 426 g/mol. The van der Waals surface area contributed by atoms with Crippen molar-refractivity contribution in [2.45, 2.75) is 104 Å². The van der Waals surface area contributed by atoms with Crippen LogP contribution >= 0.6 is 0 Å². The highest BCUT2D eigenvalue weighted by Crippen LogP contribution is 2.68. The molecule has 1 aromatic heterocycles. The van der Waals surface area contributed by atoms with Gasteiger partial charge in [0, 0.05) is 18.3 Å². The van der Waals surface area contributed by atoms with Gasteiger partial charge in [0.1, 0.15) is 0 Å². The van der Waals surface area contributed by atoms with Crippen LogP contribution in [0.3, 0.4) is 0 Å². The highest BCUT2D eigenvalue weighted by Gasteiger charge is 2.61. The van der Waals surface area contributed by atoms with Crippen LogP contribution in [-0.2, 0) is 11.3 Å². The molecule has 4 nitrogen and oxygen atoms in total. The number of imidazole rings is 1. The van der Waals surface area contributed by atoms with Gasteiger partial charge in [-0.25, -0.2) is 4.98 Å². The standard InChI is InChI=1S/C27H42N2O2/c1-4-10-27(31)13-12-25(2)19(16-27)5-6-20-21-7-8-23(26(21,3)11-9-22(20)25)24(30)17-29-15-14-28-18-29/h14-15,18-23,31H,4-13,16-17H2,1-3H3/t19-,20?,21?,22?,23+,25-,26-,27+/m0/s1. The number of aromatic nitrogens is 2. The summed E-state index contributed by atoms with van der Waals surface area (Å²) in [6, 6.07) is 0. The van der Waals surface area contributed by atoms with Gasteiger partial charge in [-0.2, -0.15) is 0 Å². The SMILES string of the molecule is CCC[C@@]1(O)CC[C@]2(C)C3CC[C@@]4(C)C(CC[C@@H]4C(=O)Cn4ccnc4)C3CC[C@H]2C1. The summed E-state index contributed by atoms with van der Waals surface area (Å²) < 4.78 is 1.94. The Morgan fingerprint density at radius 1 is 1.06 bits per heavy atom. The second kappa shape index (κ2) is 7.71. The molecule has 0 amide bonds. The topological polar surface area (TPSA) is 55.1 Å². The molecule has 5 rings (SSSR count). The van der Waals surface area contributed by atoms with Crippen LogP contribution < -0.4 is 0 Å². The van der Waals surface area contributed by atoms with Crippen LogP contribution in [0.1, 0.15) is 91.4 Å². The predicted molar refractivity (Wildman–Crippen MR) is 122 cm³/mol. The predicted octanol–water partition coefficient (Wildman–Crippen LogP) is 5.64. The Kier molecular flexibility index (Phi) is 5.39. The normalized spacial score (nSPS) is 46.8. The fourth-order valence-corrected chi connectivity index (χ4v) is 9.21. The molecule has 0 saturated heterocycles. The Bertz CT molecular complexity index is 806. The molecule has 0 bridgehead atoms. The number of rotatable bonds is 5. The van der Waals surface area contributed by atoms with E-state index in [0.717, 1.165) is 43.9 Å². The van der Waals surface area contributed by atoms with Gasteiger partial charge in [0.05, 0.1) is 18.5 Å². The molecule has 31 heavy (non-hydrogen) atoms. The summed E-state index contributed by atoms with van der Waals surface area (Å²) in [5, 5.41) is 11.2. The third kappa shape index (κ3) is 3.43. The lowest BCUT2D eigenvalue weighted by molar-refractivity contribution is -0.155. The van der Waals surface area contributed by atoms with Crippen LogP contribution in [0.4, 0.5) is 0 Å². The Balaban J connectivity index is 1.33. The number of Topliss-reactive ketones (excluding diaryl/α,β-unsaturated/α-hetero) is 1. The van der Waals surface area contributed by atoms with E-state index in [1.54, 1.807) is 12.5 Å². The van der Waals surface area contributed by atoms with Gasteiger partial charge in [-0.15, -0.1) is 0 Å². The molecule has 4 heteroatoms. The number of aliphatic hydroxyl groups is 1. The highest BCUT2D eigenvalue weighted by molar-refractivity contribution is 5.82. The van der Waals surface area contributed by atoms with Crippen LogP contribution in [0.15, 0.2) is 18.7 Å². The van der Waals surface area contributed by atoms with Crippen molar-refractivity contribution in [2.75, 3.05) is 0 Å². The van der Waals surface area contributed by atoms with E-state index in [-0.39, 0.29) is 11.3 Å². The maximum absolute atomic E-state index is 13.3. The largest absolute Gasteiger partial charge is 0.390 e. The number of fused-ring (bicyclic) bond motifs is 5. The van der Waals surface area contributed by atoms with E-state index in [4.69, 9.17) is 0 Å². The fraction of sp³-hybridized carbons (Fsp3) is 0.852. The summed E-state index contributed by atoms with van der Waals surface area (Å²) in [6.45, 7) is 7.71. The number of carbonyl (C=O) groups is 1. The maximum Gasteiger partial charge on any atom is 0.156 e. The van der Waals surface area contributed by atoms with Crippen molar-refractivity contribution in [2.24, 2.45) is 40.4 Å². The molecule has 0 spiro atoms. The summed E-state index contributed by atoms with van der Waals surface area (Å²) in [7, 11) is 0. The lowest BCUT2D eigenvalue weighted by Crippen LogP contribution is -2.56. The van der Waals surface area contributed by atoms with E-state index in [1.807, 2.05) is 10.8 Å². The molecule has 3 unspecified atom stereocenters. The molecule has 4 fully saturated rings. The van der Waals surface area contributed by atoms with Crippen molar-refractivity contribution in [1.82, 2.24) is 9.55 Å². The summed E-state index contributed by atoms with van der Waals surface area (Å²) in [5.74, 6) is 3.60. The number of hydrogen-bond donors (Lipinski definition) is 1. The minimum atomic E-state index is -0.410. The van der Waals surface area contributed by atoms with Crippen LogP contribution in [-0.4, -0.2) is 26.0 Å². The zero-order chi connectivity index (χ0) is 21.9. The summed E-state index contributed by atoms with van der Waals surface area (Å²) in [6.07, 6.45) is 18.1. The molecule has 172 valence electrons. The van der Waals surface area contributed by atoms with Crippen LogP contribution in [0.25, 0.3) is 0 Å². The van der Waals surface area contributed by atoms with Gasteiger partial charge in [0.25, 0.3) is 0 Å². The lowest BCUT2D eigenvalue weighted by atomic mass is 9.43. The van der Waals surface area contributed by atoms with E-state index in [2.05, 4.69) is 25.8 Å². The van der Waals surface area contributed by atoms with Gasteiger partial charge in [0.2, 0.25) is 0 Å². The van der Waals surface area contributed by atoms with Gasteiger partial charge < -0.3 is 9.67 Å². The number of ketones is 1. The molecule has 8 atom stereocenters. The lowest BCUT2D eigenvalue weighted by Gasteiger charge is -2.62. The van der Waals surface area contributed by atoms with Gasteiger partial charge >= 0.3 is 0 Å². The minimum Gasteiger partial charge on any atom is -0.390 e. The zero-order valence-corrected chi connectivity index (χ0v) is 19.9. The van der Waals surface area contributed by atoms with Gasteiger partial charge in [-0.3, -0.25) is 4.79 Å². The Hall–Kier alpha value is -1.16. The molecule has 4 saturated carbocycles. The summed E-state index contributed by atoms with van der Waals surface area (Å²) >= 11 is 0. The van der Waals surface area contributed by atoms with E-state index in [9.17, 15) is 9.90 Å². The van der Waals surface area contributed by atoms with Crippen molar-refractivity contribution in [1.29, 1.82) is 0 Å². The molecular weight excluding hydrogens is 384 g/mol. The second-order valence-corrected chi connectivity index (χ2v) is 12.2. The highest BCUT2D eigenvalue weighted by atomic mass is 16.3. The minimum absolute atomic E-state index is 0.180. The van der Waals surface area contributed by atoms with Crippen molar-refractivity contribution in [3.8, 4) is 0 Å². The number of nitrogens with zero attached hydrogens (tertiary/aromatic N) is 2. The third-order valence-corrected chi connectivity index (χ3v) is 10.8. The second-order valence-electron chi connectivity index (χ2n) is 12.2. The molecule has 0 aliphatic heterocycles. The molecule has 0 radical (unpaired) electrons. The van der Waals surface area contributed by atoms with Crippen molar-refractivity contribution in [3.63, 3.8) is 0 Å². The average Bonchev–Trinajstić information content (AvgIpc) is 3.35. The van der Waals surface area contributed by atoms with Crippen LogP contribution in [0, 0.1) is 40.4 Å². The Morgan fingerprint density at radius 3 is 2.61 bits per heavy atom. The van der Waals surface area contributed by atoms with Crippen LogP contribution in [0.2, 0.25) is 0 Å². The van der Waals surface area contributed by atoms with E-state index in [1.165, 1.54) is 38.5 Å². The quantitative estimate of drug-likeness (QED) is 0.663. The van der Waals surface area contributed by atoms with E-state index in [0.29, 0.717) is 29.6 Å². The zero-order valence-electron chi connectivity index (χ0n) is 19.9. The molecular formula is C27H42N2O2. The molecule has 1 heterocycles. The first-order valence-electron chi connectivity index (χ1n) is 13.0. The smallest absolute Gasteiger partial charge is 0.156 e. The molecule has 4 aliphatic carbocycles. The van der Waals surface area contributed by atoms with Gasteiger partial charge in [0.15, 0.2) is 5.78 Å². The van der Waals surface area contributed by atoms with Crippen molar-refractivity contribution < 1.29 is 9.90 Å². The molecule has 1 N–H and O–H groups in total. The molecule has 4 aliphatic rings. The van der Waals surface area contributed by atoms with E-state index >= 15 is 0 Å². The summed E-state index contributed by atoms with van der Waals surface area (Å²) in [4.78, 5) is 17.4. The van der Waals surface area contributed by atoms with Crippen molar-refractivity contribution in [3.05, 3.63) is 18.7 Å². The van der Waals surface area contributed by atoms with E-state index < -0.39 is 5.60 Å². The van der Waals surface area contributed by atoms with Gasteiger partial charge in [-0.1, -0.05) is 27.2 Å². The first kappa shape index (κ1) is 21.7. The third-order valence-electron chi connectivity index (χ3n) is 10.8. The number of carbonyl (C=O) groups excluding carboxylic acids is 1. The first-order valence-corrected chi connectivity index (χ1v) is 13.0.